The van der Waals surface area contributed by atoms with Crippen molar-refractivity contribution in [1.29, 1.82) is 0 Å². The summed E-state index contributed by atoms with van der Waals surface area (Å²) in [5, 5.41) is 12.6. The third-order valence-corrected chi connectivity index (χ3v) is 1.72. The van der Waals surface area contributed by atoms with Gasteiger partial charge in [0.05, 0.1) is 0 Å². The summed E-state index contributed by atoms with van der Waals surface area (Å²) in [6.07, 6.45) is 1.79. The Hall–Kier alpha value is -0.900. The molecule has 0 bridgehead atoms. The van der Waals surface area contributed by atoms with Gasteiger partial charge in [0.2, 0.25) is 5.13 Å². The van der Waals surface area contributed by atoms with E-state index in [9.17, 15) is 0 Å². The summed E-state index contributed by atoms with van der Waals surface area (Å²) in [5.41, 5.74) is 0. The highest BCUT2D eigenvalue weighted by Crippen LogP contribution is 2.12. The van der Waals surface area contributed by atoms with E-state index < -0.39 is 0 Å². The van der Waals surface area contributed by atoms with E-state index in [-0.39, 0.29) is 0 Å². The van der Waals surface area contributed by atoms with Crippen LogP contribution in [0.25, 0.3) is 0 Å². The van der Waals surface area contributed by atoms with Gasteiger partial charge in [-0.3, -0.25) is 0 Å². The van der Waals surface area contributed by atoms with Crippen molar-refractivity contribution in [3.05, 3.63) is 17.7 Å². The van der Waals surface area contributed by atoms with E-state index in [0.717, 1.165) is 16.7 Å². The van der Waals surface area contributed by atoms with E-state index in [4.69, 9.17) is 0 Å². The standard InChI is InChI=1S/C6H9N3S/c1-3-4-7-6-9-8-5(2)10-6/h3H,1,4H2,2H3,(H,7,9). The van der Waals surface area contributed by atoms with Crippen molar-refractivity contribution in [3.63, 3.8) is 0 Å². The van der Waals surface area contributed by atoms with E-state index >= 15 is 0 Å². The molecule has 0 aliphatic rings. The quantitative estimate of drug-likeness (QED) is 0.671. The van der Waals surface area contributed by atoms with Crippen molar-refractivity contribution in [2.45, 2.75) is 6.92 Å². The van der Waals surface area contributed by atoms with Crippen LogP contribution in [-0.2, 0) is 0 Å². The van der Waals surface area contributed by atoms with Crippen molar-refractivity contribution < 1.29 is 0 Å². The fraction of sp³-hybridized carbons (Fsp3) is 0.333. The van der Waals surface area contributed by atoms with Crippen molar-refractivity contribution in [2.24, 2.45) is 0 Å². The zero-order chi connectivity index (χ0) is 7.40. The molecule has 1 rings (SSSR count). The van der Waals surface area contributed by atoms with Crippen LogP contribution in [0.3, 0.4) is 0 Å². The van der Waals surface area contributed by atoms with E-state index in [1.165, 1.54) is 0 Å². The van der Waals surface area contributed by atoms with E-state index in [1.54, 1.807) is 17.4 Å². The minimum absolute atomic E-state index is 0.745. The summed E-state index contributed by atoms with van der Waals surface area (Å²) in [6.45, 7) is 6.25. The minimum Gasteiger partial charge on any atom is -0.357 e. The highest BCUT2D eigenvalue weighted by molar-refractivity contribution is 7.15. The summed E-state index contributed by atoms with van der Waals surface area (Å²) >= 11 is 1.55. The maximum absolute atomic E-state index is 3.86. The van der Waals surface area contributed by atoms with Gasteiger partial charge in [0.15, 0.2) is 0 Å². The van der Waals surface area contributed by atoms with Crippen molar-refractivity contribution in [1.82, 2.24) is 10.2 Å². The number of hydrogen-bond donors (Lipinski definition) is 1. The summed E-state index contributed by atoms with van der Waals surface area (Å²) in [5.74, 6) is 0. The van der Waals surface area contributed by atoms with Crippen molar-refractivity contribution in [3.8, 4) is 0 Å². The van der Waals surface area contributed by atoms with Gasteiger partial charge in [0.1, 0.15) is 5.01 Å². The molecule has 1 heterocycles. The van der Waals surface area contributed by atoms with Crippen LogP contribution in [0, 0.1) is 6.92 Å². The molecule has 10 heavy (non-hydrogen) atoms. The van der Waals surface area contributed by atoms with Gasteiger partial charge < -0.3 is 5.32 Å². The Morgan fingerprint density at radius 2 is 2.50 bits per heavy atom. The molecule has 0 spiro atoms. The molecule has 0 atom stereocenters. The molecular weight excluding hydrogens is 146 g/mol. The van der Waals surface area contributed by atoms with Crippen LogP contribution in [0.4, 0.5) is 5.13 Å². The van der Waals surface area contributed by atoms with Gasteiger partial charge >= 0.3 is 0 Å². The number of nitrogens with zero attached hydrogens (tertiary/aromatic N) is 2. The first kappa shape index (κ1) is 7.21. The van der Waals surface area contributed by atoms with Crippen LogP contribution in [0.5, 0.6) is 0 Å². The highest BCUT2D eigenvalue weighted by Gasteiger charge is 1.95. The third kappa shape index (κ3) is 1.80. The molecule has 0 aliphatic heterocycles. The second-order valence-electron chi connectivity index (χ2n) is 1.80. The highest BCUT2D eigenvalue weighted by atomic mass is 32.1. The predicted octanol–water partition coefficient (Wildman–Crippen LogP) is 1.44. The van der Waals surface area contributed by atoms with Gasteiger partial charge in [-0.1, -0.05) is 17.4 Å². The molecular formula is C6H9N3S. The molecule has 3 nitrogen and oxygen atoms in total. The van der Waals surface area contributed by atoms with Gasteiger partial charge in [-0.25, -0.2) is 0 Å². The van der Waals surface area contributed by atoms with Gasteiger partial charge in [0.25, 0.3) is 0 Å². The maximum Gasteiger partial charge on any atom is 0.205 e. The van der Waals surface area contributed by atoms with Crippen LogP contribution in [0.1, 0.15) is 5.01 Å². The fourth-order valence-electron chi connectivity index (χ4n) is 0.527. The summed E-state index contributed by atoms with van der Waals surface area (Å²) in [7, 11) is 0. The minimum atomic E-state index is 0.745. The topological polar surface area (TPSA) is 37.8 Å². The molecule has 0 saturated heterocycles. The Morgan fingerprint density at radius 3 is 3.00 bits per heavy atom. The third-order valence-electron chi connectivity index (χ3n) is 0.924. The first-order chi connectivity index (χ1) is 4.83. The Labute approximate surface area is 63.8 Å². The van der Waals surface area contributed by atoms with E-state index in [0.29, 0.717) is 0 Å². The number of anilines is 1. The number of aromatic nitrogens is 2. The Balaban J connectivity index is 2.49. The second kappa shape index (κ2) is 3.31. The number of aryl methyl sites for hydroxylation is 1. The lowest BCUT2D eigenvalue weighted by Gasteiger charge is -1.91. The lowest BCUT2D eigenvalue weighted by molar-refractivity contribution is 1.04. The monoisotopic (exact) mass is 155 g/mol. The summed E-state index contributed by atoms with van der Waals surface area (Å²) in [6, 6.07) is 0. The van der Waals surface area contributed by atoms with Crippen LogP contribution in [-0.4, -0.2) is 16.7 Å². The Kier molecular flexibility index (Phi) is 2.39. The number of nitrogens with one attached hydrogen (secondary N) is 1. The molecule has 0 saturated carbocycles. The summed E-state index contributed by atoms with van der Waals surface area (Å²) < 4.78 is 0. The van der Waals surface area contributed by atoms with Crippen molar-refractivity contribution >= 4 is 16.5 Å². The predicted molar refractivity (Wildman–Crippen MR) is 43.3 cm³/mol. The molecule has 1 aromatic rings. The smallest absolute Gasteiger partial charge is 0.205 e. The largest absolute Gasteiger partial charge is 0.357 e. The van der Waals surface area contributed by atoms with E-state index in [1.807, 2.05) is 6.92 Å². The SMILES string of the molecule is C=CCNc1nnc(C)s1. The normalized spacial score (nSPS) is 9.30. The number of hydrogen-bond acceptors (Lipinski definition) is 4. The average Bonchev–Trinajstić information content (AvgIpc) is 2.31. The van der Waals surface area contributed by atoms with Gasteiger partial charge in [-0.2, -0.15) is 0 Å². The molecule has 0 radical (unpaired) electrons. The fourth-order valence-corrected chi connectivity index (χ4v) is 1.13. The molecule has 0 amide bonds. The van der Waals surface area contributed by atoms with Crippen LogP contribution < -0.4 is 5.32 Å². The van der Waals surface area contributed by atoms with Crippen LogP contribution in [0.2, 0.25) is 0 Å². The number of rotatable bonds is 3. The molecule has 0 aromatic carbocycles. The average molecular weight is 155 g/mol. The lowest BCUT2D eigenvalue weighted by atomic mass is 10.6. The van der Waals surface area contributed by atoms with Crippen LogP contribution in [0.15, 0.2) is 12.7 Å². The molecule has 0 fully saturated rings. The Bertz CT molecular complexity index is 219. The molecule has 0 unspecified atom stereocenters. The molecule has 1 aromatic heterocycles. The maximum atomic E-state index is 3.86. The zero-order valence-electron chi connectivity index (χ0n) is 5.79. The van der Waals surface area contributed by atoms with E-state index in [2.05, 4.69) is 22.1 Å². The lowest BCUT2D eigenvalue weighted by Crippen LogP contribution is -1.96. The summed E-state index contributed by atoms with van der Waals surface area (Å²) in [4.78, 5) is 0. The first-order valence-corrected chi connectivity index (χ1v) is 3.79. The second-order valence-corrected chi connectivity index (χ2v) is 2.98. The molecule has 4 heteroatoms. The first-order valence-electron chi connectivity index (χ1n) is 2.98. The van der Waals surface area contributed by atoms with Gasteiger partial charge in [-0.05, 0) is 6.92 Å². The molecule has 1 N–H and O–H groups in total. The zero-order valence-corrected chi connectivity index (χ0v) is 6.61. The molecule has 54 valence electrons. The van der Waals surface area contributed by atoms with Gasteiger partial charge in [0, 0.05) is 6.54 Å². The van der Waals surface area contributed by atoms with Gasteiger partial charge in [-0.15, -0.1) is 16.8 Å². The molecule has 0 aliphatic carbocycles. The van der Waals surface area contributed by atoms with Crippen molar-refractivity contribution in [2.75, 3.05) is 11.9 Å². The Morgan fingerprint density at radius 1 is 1.70 bits per heavy atom. The van der Waals surface area contributed by atoms with Crippen LogP contribution >= 0.6 is 11.3 Å².